The molecule has 2 heterocycles. The molecule has 4 amide bonds. The van der Waals surface area contributed by atoms with Gasteiger partial charge < -0.3 is 30.6 Å². The van der Waals surface area contributed by atoms with Crippen molar-refractivity contribution in [3.05, 3.63) is 106 Å². The van der Waals surface area contributed by atoms with Crippen molar-refractivity contribution in [1.29, 1.82) is 0 Å². The second-order valence-corrected chi connectivity index (χ2v) is 14.4. The fraction of sp³-hybridized carbons (Fsp3) is 0.455. The van der Waals surface area contributed by atoms with Crippen LogP contribution in [-0.2, 0) is 0 Å². The Hall–Kier alpha value is -5.92. The fourth-order valence-corrected chi connectivity index (χ4v) is 6.78. The van der Waals surface area contributed by atoms with Crippen LogP contribution in [0.5, 0.6) is 5.75 Å². The number of unbranched alkanes of at least 4 members (excludes halogenated alkanes) is 2. The molecule has 4 rings (SSSR count). The van der Waals surface area contributed by atoms with Gasteiger partial charge in [-0.05, 0) is 111 Å². The van der Waals surface area contributed by atoms with Crippen LogP contribution >= 0.6 is 0 Å². The van der Waals surface area contributed by atoms with E-state index < -0.39 is 6.03 Å². The smallest absolute Gasteiger partial charge is 0.321 e. The molecule has 312 valence electrons. The lowest BCUT2D eigenvalue weighted by molar-refractivity contribution is 0.243. The molecule has 6 N–H and O–H groups in total. The quantitative estimate of drug-likeness (QED) is 0.0549. The predicted octanol–water partition coefficient (Wildman–Crippen LogP) is 9.21. The van der Waals surface area contributed by atoms with Crippen molar-refractivity contribution in [1.82, 2.24) is 31.2 Å². The SMILES string of the molecule is C=C1C=C(NC(=O)NCCN(CCNC(=O)Nc2nc(=O)c(C)c(C(CC)CCCC)[nH]2)c2ccc(/N=N/c3ccc(OC)cc3)cc2)NC(C(CC)CCCC)=C1. The van der Waals surface area contributed by atoms with Crippen molar-refractivity contribution in [2.45, 2.75) is 91.9 Å². The van der Waals surface area contributed by atoms with E-state index in [0.717, 1.165) is 79.8 Å². The van der Waals surface area contributed by atoms with Crippen LogP contribution < -0.4 is 41.8 Å². The van der Waals surface area contributed by atoms with E-state index >= 15 is 0 Å². The zero-order valence-corrected chi connectivity index (χ0v) is 35.0. The molecule has 0 saturated heterocycles. The van der Waals surface area contributed by atoms with Gasteiger partial charge in [0.1, 0.15) is 11.6 Å². The maximum absolute atomic E-state index is 13.1. The summed E-state index contributed by atoms with van der Waals surface area (Å²) < 4.78 is 5.22. The molecule has 1 aromatic heterocycles. The lowest BCUT2D eigenvalue weighted by atomic mass is 9.93. The number of anilines is 2. The summed E-state index contributed by atoms with van der Waals surface area (Å²) in [5.41, 5.74) is 5.15. The molecule has 0 aliphatic carbocycles. The highest BCUT2D eigenvalue weighted by Gasteiger charge is 2.19. The van der Waals surface area contributed by atoms with E-state index in [1.807, 2.05) is 54.6 Å². The molecule has 58 heavy (non-hydrogen) atoms. The van der Waals surface area contributed by atoms with Gasteiger partial charge in [0.05, 0.1) is 18.5 Å². The van der Waals surface area contributed by atoms with Crippen LogP contribution in [0, 0.1) is 12.8 Å². The van der Waals surface area contributed by atoms with Crippen molar-refractivity contribution in [2.75, 3.05) is 43.5 Å². The van der Waals surface area contributed by atoms with E-state index in [-0.39, 0.29) is 30.0 Å². The van der Waals surface area contributed by atoms with E-state index in [0.29, 0.717) is 48.3 Å². The number of ether oxygens (including phenoxy) is 1. The summed E-state index contributed by atoms with van der Waals surface area (Å²) in [6, 6.07) is 14.0. The van der Waals surface area contributed by atoms with Gasteiger partial charge in [-0.3, -0.25) is 15.4 Å². The number of rotatable bonds is 22. The molecular formula is C44H62N10O4. The number of amides is 4. The summed E-state index contributed by atoms with van der Waals surface area (Å²) in [4.78, 5) is 48.2. The first-order valence-corrected chi connectivity index (χ1v) is 20.6. The number of allylic oxidation sites excluding steroid dienone is 4. The van der Waals surface area contributed by atoms with Crippen LogP contribution in [0.4, 0.5) is 32.6 Å². The number of nitrogens with one attached hydrogen (secondary N) is 6. The summed E-state index contributed by atoms with van der Waals surface area (Å²) >= 11 is 0. The number of nitrogens with zero attached hydrogens (tertiary/aromatic N) is 4. The Morgan fingerprint density at radius 1 is 0.828 bits per heavy atom. The molecule has 0 saturated carbocycles. The van der Waals surface area contributed by atoms with Gasteiger partial charge in [-0.15, -0.1) is 0 Å². The first-order valence-electron chi connectivity index (χ1n) is 20.6. The lowest BCUT2D eigenvalue weighted by Gasteiger charge is -2.27. The Morgan fingerprint density at radius 3 is 1.97 bits per heavy atom. The largest absolute Gasteiger partial charge is 0.497 e. The van der Waals surface area contributed by atoms with Crippen molar-refractivity contribution in [3.8, 4) is 5.75 Å². The monoisotopic (exact) mass is 794 g/mol. The molecule has 0 fully saturated rings. The van der Waals surface area contributed by atoms with Crippen LogP contribution in [-0.4, -0.2) is 55.3 Å². The number of carbonyl (C=O) groups excluding carboxylic acids is 2. The van der Waals surface area contributed by atoms with Gasteiger partial charge in [-0.25, -0.2) is 9.59 Å². The Morgan fingerprint density at radius 2 is 1.40 bits per heavy atom. The van der Waals surface area contributed by atoms with Crippen molar-refractivity contribution < 1.29 is 14.3 Å². The molecule has 2 atom stereocenters. The topological polar surface area (TPSA) is 177 Å². The van der Waals surface area contributed by atoms with E-state index in [1.165, 1.54) is 0 Å². The van der Waals surface area contributed by atoms with Gasteiger partial charge in [0.2, 0.25) is 5.95 Å². The average molecular weight is 795 g/mol. The number of azo groups is 1. The van der Waals surface area contributed by atoms with Crippen LogP contribution in [0.15, 0.2) is 99.4 Å². The third-order valence-electron chi connectivity index (χ3n) is 10.2. The number of hydrogen-bond donors (Lipinski definition) is 6. The second kappa shape index (κ2) is 23.3. The molecule has 14 nitrogen and oxygen atoms in total. The molecule has 14 heteroatoms. The minimum Gasteiger partial charge on any atom is -0.497 e. The van der Waals surface area contributed by atoms with Gasteiger partial charge in [0, 0.05) is 48.8 Å². The number of H-pyrrole nitrogens is 1. The number of benzene rings is 2. The number of aromatic amines is 1. The standard InChI is InChI=1S/C44H62N10O4/c1-8-12-14-32(10-3)38-28-30(5)29-39(47-38)48-43(56)45-24-26-54(36-20-16-34(17-21-36)52-53-35-18-22-37(58-7)23-19-35)27-25-46-44(57)51-42-49-40(31(6)41(55)50-42)33(11-4)15-13-9-2/h16-23,28-29,32-33,47H,5,8-15,24-27H2,1-4,6-7H3,(H2,45,48,56)(H3,46,49,50,51,55,57)/b53-52+. The zero-order chi connectivity index (χ0) is 41.9. The first kappa shape index (κ1) is 44.8. The van der Waals surface area contributed by atoms with Crippen LogP contribution in [0.1, 0.15) is 96.2 Å². The molecule has 2 aromatic carbocycles. The molecule has 1 aliphatic heterocycles. The van der Waals surface area contributed by atoms with Gasteiger partial charge in [0.25, 0.3) is 5.56 Å². The highest BCUT2D eigenvalue weighted by atomic mass is 16.5. The molecule has 0 spiro atoms. The minimum atomic E-state index is -0.491. The Labute approximate surface area is 343 Å². The normalized spacial score (nSPS) is 13.5. The third-order valence-corrected chi connectivity index (χ3v) is 10.2. The van der Waals surface area contributed by atoms with Gasteiger partial charge in [-0.1, -0.05) is 60.0 Å². The molecule has 2 unspecified atom stereocenters. The highest BCUT2D eigenvalue weighted by Crippen LogP contribution is 2.27. The summed E-state index contributed by atoms with van der Waals surface area (Å²) in [7, 11) is 1.61. The number of aromatic nitrogens is 2. The molecular weight excluding hydrogens is 733 g/mol. The summed E-state index contributed by atoms with van der Waals surface area (Å²) in [6.07, 6.45) is 12.1. The Bertz CT molecular complexity index is 1950. The summed E-state index contributed by atoms with van der Waals surface area (Å²) in [6.45, 7) is 15.9. The maximum atomic E-state index is 13.1. The first-order chi connectivity index (χ1) is 28.1. The van der Waals surface area contributed by atoms with Crippen LogP contribution in [0.3, 0.4) is 0 Å². The van der Waals surface area contributed by atoms with Gasteiger partial charge in [-0.2, -0.15) is 15.2 Å². The number of methoxy groups -OCH3 is 1. The van der Waals surface area contributed by atoms with Crippen molar-refractivity contribution in [3.63, 3.8) is 0 Å². The number of dihydropyridines is 1. The molecule has 0 radical (unpaired) electrons. The maximum Gasteiger partial charge on any atom is 0.321 e. The van der Waals surface area contributed by atoms with E-state index in [4.69, 9.17) is 4.74 Å². The van der Waals surface area contributed by atoms with Gasteiger partial charge in [0.15, 0.2) is 0 Å². The summed E-state index contributed by atoms with van der Waals surface area (Å²) in [5.74, 6) is 1.98. The van der Waals surface area contributed by atoms with E-state index in [2.05, 4.69) is 92.0 Å². The highest BCUT2D eigenvalue weighted by molar-refractivity contribution is 5.87. The minimum absolute atomic E-state index is 0.115. The van der Waals surface area contributed by atoms with E-state index in [1.54, 1.807) is 14.0 Å². The predicted molar refractivity (Wildman–Crippen MR) is 233 cm³/mol. The van der Waals surface area contributed by atoms with Crippen molar-refractivity contribution >= 4 is 35.1 Å². The second-order valence-electron chi connectivity index (χ2n) is 14.4. The zero-order valence-electron chi connectivity index (χ0n) is 35.0. The molecule has 0 bridgehead atoms. The average Bonchev–Trinajstić information content (AvgIpc) is 3.21. The third kappa shape index (κ3) is 13.9. The number of hydrogen-bond acceptors (Lipinski definition) is 9. The van der Waals surface area contributed by atoms with E-state index in [9.17, 15) is 14.4 Å². The number of carbonyl (C=O) groups is 2. The molecule has 3 aromatic rings. The molecule has 1 aliphatic rings. The van der Waals surface area contributed by atoms with Crippen molar-refractivity contribution in [2.24, 2.45) is 16.1 Å². The number of urea groups is 2. The Balaban J connectivity index is 1.40. The summed E-state index contributed by atoms with van der Waals surface area (Å²) in [5, 5.41) is 23.6. The van der Waals surface area contributed by atoms with Crippen LogP contribution in [0.2, 0.25) is 0 Å². The Kier molecular flexibility index (Phi) is 18.0. The fourth-order valence-electron chi connectivity index (χ4n) is 6.78. The lowest BCUT2D eigenvalue weighted by Crippen LogP contribution is -2.44. The van der Waals surface area contributed by atoms with Crippen LogP contribution in [0.25, 0.3) is 0 Å². The van der Waals surface area contributed by atoms with Gasteiger partial charge >= 0.3 is 12.1 Å².